The van der Waals surface area contributed by atoms with Crippen molar-refractivity contribution in [3.63, 3.8) is 0 Å². The Morgan fingerprint density at radius 2 is 1.83 bits per heavy atom. The highest BCUT2D eigenvalue weighted by Crippen LogP contribution is 1.59. The van der Waals surface area contributed by atoms with E-state index < -0.39 is 0 Å². The van der Waals surface area contributed by atoms with E-state index in [9.17, 15) is 0 Å². The lowest BCUT2D eigenvalue weighted by molar-refractivity contribution is 0.752. The average Bonchev–Trinajstić information content (AvgIpc) is 1.38. The molecule has 0 radical (unpaired) electrons. The third-order valence-electron chi connectivity index (χ3n) is 0.372. The molecule has 2 nitrogen and oxygen atoms in total. The Hall–Kier alpha value is 0.452. The normalized spacial score (nSPS) is 12.5. The van der Waals surface area contributed by atoms with Crippen LogP contribution in [0.3, 0.4) is 0 Å². The zero-order valence-corrected chi connectivity index (χ0v) is 3.44. The molecular weight excluding hydrogens is 91.0 g/mol. The zero-order valence-electron chi connectivity index (χ0n) is 3.44. The van der Waals surface area contributed by atoms with E-state index in [-0.39, 0.29) is 23.4 Å². The van der Waals surface area contributed by atoms with Crippen molar-refractivity contribution >= 4 is 17.4 Å². The lowest BCUT2D eigenvalue weighted by atomic mass is 10.4. The molecule has 0 aliphatic heterocycles. The number of rotatable bonds is 1. The summed E-state index contributed by atoms with van der Waals surface area (Å²) in [6.07, 6.45) is 0. The van der Waals surface area contributed by atoms with Gasteiger partial charge in [0.2, 0.25) is 0 Å². The predicted molar refractivity (Wildman–Crippen MR) is 32.6 cm³/mol. The summed E-state index contributed by atoms with van der Waals surface area (Å²) in [5.41, 5.74) is 10.2. The van der Waals surface area contributed by atoms with Crippen molar-refractivity contribution in [1.29, 1.82) is 0 Å². The van der Waals surface area contributed by atoms with Crippen LogP contribution in [0.1, 0.15) is 6.92 Å². The van der Waals surface area contributed by atoms with Gasteiger partial charge in [0, 0.05) is 12.6 Å². The minimum Gasteiger partial charge on any atom is -0.329 e. The lowest BCUT2D eigenvalue weighted by Gasteiger charge is -1.92. The van der Waals surface area contributed by atoms with Crippen LogP contribution < -0.4 is 11.5 Å². The maximum atomic E-state index is 5.17. The van der Waals surface area contributed by atoms with E-state index in [0.717, 1.165) is 0 Å². The Kier molecular flexibility index (Phi) is 8.79. The maximum Gasteiger partial charge on any atom is 0.187 e. The number of hydrogen-bond donors (Lipinski definition) is 2. The molecule has 38 valence electrons. The fraction of sp³-hybridized carbons (Fsp3) is 1.00. The molecular formula is C3H13AlN2. The lowest BCUT2D eigenvalue weighted by Crippen LogP contribution is -2.25. The van der Waals surface area contributed by atoms with Crippen LogP contribution in [0.4, 0.5) is 0 Å². The van der Waals surface area contributed by atoms with E-state index in [2.05, 4.69) is 0 Å². The van der Waals surface area contributed by atoms with Crippen LogP contribution in [-0.4, -0.2) is 29.9 Å². The molecule has 4 N–H and O–H groups in total. The molecule has 0 aromatic rings. The van der Waals surface area contributed by atoms with Crippen molar-refractivity contribution in [2.45, 2.75) is 13.0 Å². The minimum atomic E-state index is 0. The van der Waals surface area contributed by atoms with Gasteiger partial charge in [-0.05, 0) is 6.92 Å². The maximum absolute atomic E-state index is 5.17. The fourth-order valence-electron chi connectivity index (χ4n) is 0. The molecule has 0 amide bonds. The Morgan fingerprint density at radius 1 is 1.67 bits per heavy atom. The van der Waals surface area contributed by atoms with Gasteiger partial charge in [0.25, 0.3) is 0 Å². The molecule has 6 heavy (non-hydrogen) atoms. The molecule has 0 bridgehead atoms. The summed E-state index contributed by atoms with van der Waals surface area (Å²) < 4.78 is 0. The van der Waals surface area contributed by atoms with Gasteiger partial charge in [0.05, 0.1) is 0 Å². The van der Waals surface area contributed by atoms with Crippen LogP contribution in [0.15, 0.2) is 0 Å². The van der Waals surface area contributed by atoms with E-state index in [1.807, 2.05) is 6.92 Å². The van der Waals surface area contributed by atoms with Crippen molar-refractivity contribution in [2.75, 3.05) is 6.54 Å². The Labute approximate surface area is 49.0 Å². The first kappa shape index (κ1) is 9.68. The third-order valence-corrected chi connectivity index (χ3v) is 0.372. The molecule has 1 unspecified atom stereocenters. The van der Waals surface area contributed by atoms with Crippen LogP contribution in [0.2, 0.25) is 0 Å². The van der Waals surface area contributed by atoms with Gasteiger partial charge < -0.3 is 11.5 Å². The summed E-state index contributed by atoms with van der Waals surface area (Å²) in [6, 6.07) is 0.162. The molecule has 1 atom stereocenters. The molecule has 0 aliphatic carbocycles. The molecule has 0 spiro atoms. The van der Waals surface area contributed by atoms with Crippen molar-refractivity contribution in [1.82, 2.24) is 0 Å². The monoisotopic (exact) mass is 104 g/mol. The van der Waals surface area contributed by atoms with Crippen LogP contribution >= 0.6 is 0 Å². The van der Waals surface area contributed by atoms with Crippen LogP contribution in [-0.2, 0) is 0 Å². The van der Waals surface area contributed by atoms with Crippen molar-refractivity contribution in [3.05, 3.63) is 0 Å². The molecule has 3 heteroatoms. The summed E-state index contributed by atoms with van der Waals surface area (Å²) in [5, 5.41) is 0. The van der Waals surface area contributed by atoms with E-state index in [1.54, 1.807) is 0 Å². The van der Waals surface area contributed by atoms with Gasteiger partial charge in [-0.2, -0.15) is 0 Å². The molecule has 0 saturated heterocycles. The Balaban J connectivity index is 0. The third kappa shape index (κ3) is 8.82. The van der Waals surface area contributed by atoms with Crippen molar-refractivity contribution in [3.8, 4) is 0 Å². The van der Waals surface area contributed by atoms with E-state index >= 15 is 0 Å². The molecule has 0 fully saturated rings. The highest BCUT2D eigenvalue weighted by Gasteiger charge is 1.79. The van der Waals surface area contributed by atoms with Gasteiger partial charge in [-0.1, -0.05) is 0 Å². The topological polar surface area (TPSA) is 52.0 Å². The first-order chi connectivity index (χ1) is 2.27. The first-order valence-corrected chi connectivity index (χ1v) is 1.73. The summed E-state index contributed by atoms with van der Waals surface area (Å²) in [5.74, 6) is 0. The standard InChI is InChI=1S/C3H10N2.Al.3H/c1-3(5)2-4;;;;/h3H,2,4-5H2,1H3;;;;. The van der Waals surface area contributed by atoms with Gasteiger partial charge in [0.1, 0.15) is 0 Å². The van der Waals surface area contributed by atoms with Gasteiger partial charge >= 0.3 is 0 Å². The second kappa shape index (κ2) is 5.45. The first-order valence-electron chi connectivity index (χ1n) is 1.73. The van der Waals surface area contributed by atoms with Crippen molar-refractivity contribution in [2.24, 2.45) is 11.5 Å². The smallest absolute Gasteiger partial charge is 0.187 e. The Morgan fingerprint density at radius 3 is 1.83 bits per heavy atom. The van der Waals surface area contributed by atoms with E-state index in [0.29, 0.717) is 6.54 Å². The number of nitrogens with two attached hydrogens (primary N) is 2. The summed E-state index contributed by atoms with van der Waals surface area (Å²) in [7, 11) is 0. The largest absolute Gasteiger partial charge is 0.329 e. The van der Waals surface area contributed by atoms with E-state index in [4.69, 9.17) is 11.5 Å². The summed E-state index contributed by atoms with van der Waals surface area (Å²) in [4.78, 5) is 0. The van der Waals surface area contributed by atoms with Crippen LogP contribution in [0.25, 0.3) is 0 Å². The molecule has 0 aromatic carbocycles. The van der Waals surface area contributed by atoms with Crippen LogP contribution in [0, 0.1) is 0 Å². The second-order valence-electron chi connectivity index (χ2n) is 1.21. The Bertz CT molecular complexity index is 22.8. The molecule has 0 heterocycles. The van der Waals surface area contributed by atoms with E-state index in [1.165, 1.54) is 0 Å². The molecule has 0 rings (SSSR count). The SMILES string of the molecule is CC(N)CN.[AlH3]. The zero-order chi connectivity index (χ0) is 4.28. The van der Waals surface area contributed by atoms with Gasteiger partial charge in [-0.3, -0.25) is 0 Å². The number of hydrogen-bond acceptors (Lipinski definition) is 2. The minimum absolute atomic E-state index is 0. The highest BCUT2D eigenvalue weighted by atomic mass is 27.0. The quantitative estimate of drug-likeness (QED) is 0.382. The van der Waals surface area contributed by atoms with Crippen LogP contribution in [0.5, 0.6) is 0 Å². The summed E-state index contributed by atoms with van der Waals surface area (Å²) in [6.45, 7) is 2.46. The van der Waals surface area contributed by atoms with Crippen molar-refractivity contribution < 1.29 is 0 Å². The highest BCUT2D eigenvalue weighted by molar-refractivity contribution is 5.75. The second-order valence-corrected chi connectivity index (χ2v) is 1.21. The predicted octanol–water partition coefficient (Wildman–Crippen LogP) is -1.89. The molecule has 0 aromatic heterocycles. The molecule has 0 aliphatic rings. The average molecular weight is 104 g/mol. The fourth-order valence-corrected chi connectivity index (χ4v) is 0. The summed E-state index contributed by atoms with van der Waals surface area (Å²) >= 11 is 0. The van der Waals surface area contributed by atoms with Gasteiger partial charge in [0.15, 0.2) is 17.4 Å². The van der Waals surface area contributed by atoms with Gasteiger partial charge in [-0.15, -0.1) is 0 Å². The van der Waals surface area contributed by atoms with Gasteiger partial charge in [-0.25, -0.2) is 0 Å². The molecule has 0 saturated carbocycles.